The molecule has 0 bridgehead atoms. The fraction of sp³-hybridized carbons (Fsp3) is 0.400. The largest absolute Gasteiger partial charge is 0.467 e. The molecule has 2 aromatic carbocycles. The summed E-state index contributed by atoms with van der Waals surface area (Å²) in [6, 6.07) is 15.3. The highest BCUT2D eigenvalue weighted by Gasteiger charge is 2.28. The summed E-state index contributed by atoms with van der Waals surface area (Å²) >= 11 is 0. The third-order valence-corrected chi connectivity index (χ3v) is 4.89. The molecule has 0 unspecified atom stereocenters. The van der Waals surface area contributed by atoms with E-state index < -0.39 is 30.1 Å². The summed E-state index contributed by atoms with van der Waals surface area (Å²) in [7, 11) is 1.28. The number of hydrogen-bond donors (Lipinski definition) is 2. The minimum atomic E-state index is -0.869. The number of ether oxygens (including phenoxy) is 2. The van der Waals surface area contributed by atoms with Gasteiger partial charge in [-0.05, 0) is 30.4 Å². The standard InChI is InChI=1S/C25H32N2O5/c1-17(2)14-21(27-25(30)32-16-20-8-6-5-7-9-20)23(28)26-22(24(29)31-4)15-19-12-10-18(3)11-13-19/h5-13,17,21-22H,14-16H2,1-4H3,(H,26,28)(H,27,30)/t21-,22-/m0/s1. The Hall–Kier alpha value is -3.35. The summed E-state index contributed by atoms with van der Waals surface area (Å²) in [6.07, 6.45) is -0.0150. The molecular weight excluding hydrogens is 408 g/mol. The van der Waals surface area contributed by atoms with Crippen LogP contribution in [0.5, 0.6) is 0 Å². The van der Waals surface area contributed by atoms with Gasteiger partial charge in [-0.15, -0.1) is 0 Å². The van der Waals surface area contributed by atoms with Gasteiger partial charge >= 0.3 is 12.1 Å². The van der Waals surface area contributed by atoms with Crippen molar-refractivity contribution in [3.8, 4) is 0 Å². The zero-order valence-corrected chi connectivity index (χ0v) is 19.1. The molecule has 2 amide bonds. The summed E-state index contributed by atoms with van der Waals surface area (Å²) in [4.78, 5) is 37.6. The van der Waals surface area contributed by atoms with Crippen LogP contribution in [0.1, 0.15) is 37.0 Å². The molecule has 0 heterocycles. The van der Waals surface area contributed by atoms with Gasteiger partial charge in [-0.1, -0.05) is 74.0 Å². The van der Waals surface area contributed by atoms with E-state index in [1.165, 1.54) is 7.11 Å². The predicted molar refractivity (Wildman–Crippen MR) is 122 cm³/mol. The Morgan fingerprint density at radius 2 is 1.53 bits per heavy atom. The van der Waals surface area contributed by atoms with Crippen LogP contribution in [0.15, 0.2) is 54.6 Å². The highest BCUT2D eigenvalue weighted by Crippen LogP contribution is 2.10. The van der Waals surface area contributed by atoms with Crippen molar-refractivity contribution in [2.45, 2.75) is 52.3 Å². The van der Waals surface area contributed by atoms with E-state index in [-0.39, 0.29) is 18.9 Å². The van der Waals surface area contributed by atoms with Crippen LogP contribution in [0.3, 0.4) is 0 Å². The Kier molecular flexibility index (Phi) is 9.73. The van der Waals surface area contributed by atoms with Crippen molar-refractivity contribution >= 4 is 18.0 Å². The summed E-state index contributed by atoms with van der Waals surface area (Å²) < 4.78 is 10.1. The van der Waals surface area contributed by atoms with Crippen LogP contribution >= 0.6 is 0 Å². The minimum absolute atomic E-state index is 0.0981. The molecule has 0 fully saturated rings. The van der Waals surface area contributed by atoms with Crippen molar-refractivity contribution in [1.82, 2.24) is 10.6 Å². The van der Waals surface area contributed by atoms with Crippen LogP contribution in [0, 0.1) is 12.8 Å². The lowest BCUT2D eigenvalue weighted by molar-refractivity contribution is -0.145. The van der Waals surface area contributed by atoms with Crippen molar-refractivity contribution in [2.75, 3.05) is 7.11 Å². The maximum atomic E-state index is 13.0. The molecule has 7 nitrogen and oxygen atoms in total. The Morgan fingerprint density at radius 3 is 2.12 bits per heavy atom. The van der Waals surface area contributed by atoms with E-state index >= 15 is 0 Å². The number of carbonyl (C=O) groups is 3. The average molecular weight is 441 g/mol. The van der Waals surface area contributed by atoms with E-state index in [2.05, 4.69) is 10.6 Å². The summed E-state index contributed by atoms with van der Waals surface area (Å²) in [5, 5.41) is 5.36. The molecule has 2 N–H and O–H groups in total. The molecule has 0 aliphatic carbocycles. The third kappa shape index (κ3) is 8.41. The number of rotatable bonds is 10. The van der Waals surface area contributed by atoms with Gasteiger partial charge in [0.15, 0.2) is 0 Å². The minimum Gasteiger partial charge on any atom is -0.467 e. The maximum absolute atomic E-state index is 13.0. The molecule has 0 saturated carbocycles. The molecule has 2 rings (SSSR count). The van der Waals surface area contributed by atoms with Gasteiger partial charge in [0.25, 0.3) is 0 Å². The number of alkyl carbamates (subject to hydrolysis) is 1. The number of amides is 2. The Bertz CT molecular complexity index is 881. The van der Waals surface area contributed by atoms with Gasteiger partial charge in [0.1, 0.15) is 18.7 Å². The molecule has 7 heteroatoms. The monoisotopic (exact) mass is 440 g/mol. The van der Waals surface area contributed by atoms with Gasteiger partial charge in [0, 0.05) is 6.42 Å². The number of aryl methyl sites for hydroxylation is 1. The topological polar surface area (TPSA) is 93.7 Å². The second kappa shape index (κ2) is 12.5. The van der Waals surface area contributed by atoms with Crippen LogP contribution < -0.4 is 10.6 Å². The van der Waals surface area contributed by atoms with Gasteiger partial charge in [0.2, 0.25) is 5.91 Å². The fourth-order valence-corrected chi connectivity index (χ4v) is 3.18. The van der Waals surface area contributed by atoms with E-state index in [9.17, 15) is 14.4 Å². The molecule has 0 radical (unpaired) electrons. The SMILES string of the molecule is COC(=O)[C@H](Cc1ccc(C)cc1)NC(=O)[C@H](CC(C)C)NC(=O)OCc1ccccc1. The van der Waals surface area contributed by atoms with Crippen molar-refractivity contribution in [2.24, 2.45) is 5.92 Å². The van der Waals surface area contributed by atoms with Gasteiger partial charge in [-0.3, -0.25) is 4.79 Å². The van der Waals surface area contributed by atoms with Crippen molar-refractivity contribution in [3.05, 3.63) is 71.3 Å². The Morgan fingerprint density at radius 1 is 0.875 bits per heavy atom. The number of hydrogen-bond acceptors (Lipinski definition) is 5. The summed E-state index contributed by atoms with van der Waals surface area (Å²) in [5.74, 6) is -0.874. The maximum Gasteiger partial charge on any atom is 0.408 e. The highest BCUT2D eigenvalue weighted by atomic mass is 16.5. The second-order valence-electron chi connectivity index (χ2n) is 8.16. The molecule has 0 spiro atoms. The summed E-state index contributed by atoms with van der Waals surface area (Å²) in [6.45, 7) is 5.96. The molecule has 0 aliphatic heterocycles. The number of methoxy groups -OCH3 is 1. The van der Waals surface area contributed by atoms with Crippen LogP contribution in [0.2, 0.25) is 0 Å². The van der Waals surface area contributed by atoms with Gasteiger partial charge < -0.3 is 20.1 Å². The molecule has 0 aliphatic rings. The van der Waals surface area contributed by atoms with Crippen molar-refractivity contribution in [3.63, 3.8) is 0 Å². The lowest BCUT2D eigenvalue weighted by atomic mass is 10.0. The van der Waals surface area contributed by atoms with E-state index in [1.54, 1.807) is 0 Å². The molecule has 32 heavy (non-hydrogen) atoms. The van der Waals surface area contributed by atoms with Gasteiger partial charge in [-0.2, -0.15) is 0 Å². The van der Waals surface area contributed by atoms with Crippen molar-refractivity contribution < 1.29 is 23.9 Å². The van der Waals surface area contributed by atoms with Crippen LogP contribution in [0.4, 0.5) is 4.79 Å². The lowest BCUT2D eigenvalue weighted by Gasteiger charge is -2.23. The fourth-order valence-electron chi connectivity index (χ4n) is 3.18. The van der Waals surface area contributed by atoms with Crippen LogP contribution in [0.25, 0.3) is 0 Å². The van der Waals surface area contributed by atoms with Crippen molar-refractivity contribution in [1.29, 1.82) is 0 Å². The number of esters is 1. The normalized spacial score (nSPS) is 12.5. The van der Waals surface area contributed by atoms with Gasteiger partial charge in [-0.25, -0.2) is 9.59 Å². The number of benzene rings is 2. The first kappa shape index (κ1) is 24.9. The van der Waals surface area contributed by atoms with E-state index in [0.717, 1.165) is 16.7 Å². The molecule has 0 saturated heterocycles. The third-order valence-electron chi connectivity index (χ3n) is 4.89. The predicted octanol–water partition coefficient (Wildman–Crippen LogP) is 3.54. The zero-order chi connectivity index (χ0) is 23.5. The van der Waals surface area contributed by atoms with E-state index in [1.807, 2.05) is 75.4 Å². The first-order chi connectivity index (χ1) is 15.3. The molecule has 2 atom stereocenters. The quantitative estimate of drug-likeness (QED) is 0.551. The van der Waals surface area contributed by atoms with Gasteiger partial charge in [0.05, 0.1) is 7.11 Å². The van der Waals surface area contributed by atoms with E-state index in [4.69, 9.17) is 9.47 Å². The Labute approximate surface area is 189 Å². The molecule has 172 valence electrons. The number of carbonyl (C=O) groups excluding carboxylic acids is 3. The smallest absolute Gasteiger partial charge is 0.408 e. The first-order valence-corrected chi connectivity index (χ1v) is 10.7. The summed E-state index contributed by atoms with van der Waals surface area (Å²) in [5.41, 5.74) is 2.83. The molecule has 2 aromatic rings. The zero-order valence-electron chi connectivity index (χ0n) is 19.1. The first-order valence-electron chi connectivity index (χ1n) is 10.7. The lowest BCUT2D eigenvalue weighted by Crippen LogP contribution is -2.53. The average Bonchev–Trinajstić information content (AvgIpc) is 2.78. The van der Waals surface area contributed by atoms with Crippen LogP contribution in [-0.4, -0.2) is 37.2 Å². The Balaban J connectivity index is 2.03. The highest BCUT2D eigenvalue weighted by molar-refractivity contribution is 5.89. The second-order valence-corrected chi connectivity index (χ2v) is 8.16. The van der Waals surface area contributed by atoms with E-state index in [0.29, 0.717) is 6.42 Å². The van der Waals surface area contributed by atoms with Crippen LogP contribution in [-0.2, 0) is 32.1 Å². The molecular formula is C25H32N2O5. The number of nitrogens with one attached hydrogen (secondary N) is 2. The molecule has 0 aromatic heterocycles.